The van der Waals surface area contributed by atoms with E-state index in [4.69, 9.17) is 0 Å². The summed E-state index contributed by atoms with van der Waals surface area (Å²) in [5.74, 6) is 0.474. The topological polar surface area (TPSA) is 17.1 Å². The molecule has 0 saturated heterocycles. The largest absolute Gasteiger partial charge is 0.299 e. The number of hydrogen-bond acceptors (Lipinski definition) is 1. The lowest BCUT2D eigenvalue weighted by Gasteiger charge is -2.43. The van der Waals surface area contributed by atoms with Crippen LogP contribution in [0.25, 0.3) is 0 Å². The van der Waals surface area contributed by atoms with Crippen molar-refractivity contribution < 1.29 is 4.79 Å². The van der Waals surface area contributed by atoms with E-state index in [1.165, 1.54) is 5.56 Å². The molecule has 0 aliphatic rings. The van der Waals surface area contributed by atoms with Crippen LogP contribution >= 0.6 is 38.5 Å². The van der Waals surface area contributed by atoms with Crippen LogP contribution in [-0.4, -0.2) is 17.8 Å². The Kier molecular flexibility index (Phi) is 8.00. The highest BCUT2D eigenvalue weighted by atomic mass is 127. The molecule has 0 aliphatic heterocycles. The normalized spacial score (nSPS) is 15.3. The molecule has 0 saturated carbocycles. The van der Waals surface area contributed by atoms with Gasteiger partial charge in [0, 0.05) is 10.0 Å². The van der Waals surface area contributed by atoms with Crippen LogP contribution < -0.4 is 0 Å². The molecule has 0 heterocycles. The summed E-state index contributed by atoms with van der Waals surface area (Å²) in [6.07, 6.45) is 2.94. The van der Waals surface area contributed by atoms with Crippen LogP contribution in [-0.2, 0) is 11.2 Å². The van der Waals surface area contributed by atoms with Crippen molar-refractivity contribution in [2.24, 2.45) is 0 Å². The van der Waals surface area contributed by atoms with E-state index < -0.39 is 8.07 Å². The van der Waals surface area contributed by atoms with Gasteiger partial charge in [0.25, 0.3) is 0 Å². The average molecular weight is 509 g/mol. The van der Waals surface area contributed by atoms with E-state index in [1.807, 2.05) is 0 Å². The Balaban J connectivity index is 3.15. The van der Waals surface area contributed by atoms with Gasteiger partial charge in [0.2, 0.25) is 0 Å². The average Bonchev–Trinajstić information content (AvgIpc) is 2.44. The van der Waals surface area contributed by atoms with Gasteiger partial charge in [0.1, 0.15) is 5.78 Å². The van der Waals surface area contributed by atoms with E-state index in [1.54, 1.807) is 0 Å². The number of alkyl halides is 1. The predicted molar refractivity (Wildman–Crippen MR) is 117 cm³/mol. The number of ketones is 1. The Labute approximate surface area is 165 Å². The monoisotopic (exact) mass is 508 g/mol. The van der Waals surface area contributed by atoms with Gasteiger partial charge in [-0.3, -0.25) is 4.79 Å². The SMILES string of the molecule is CCC[C@@H](I)C(=O)[C@@H](Cc1ccc(Br)cc1)[Si](C)(C)C(C)(C)C. The molecule has 130 valence electrons. The minimum absolute atomic E-state index is 0.146. The fraction of sp³-hybridized carbons (Fsp3) is 0.632. The van der Waals surface area contributed by atoms with Gasteiger partial charge in [-0.2, -0.15) is 0 Å². The second-order valence-corrected chi connectivity index (χ2v) is 16.1. The van der Waals surface area contributed by atoms with E-state index in [-0.39, 0.29) is 14.5 Å². The molecule has 0 spiro atoms. The lowest BCUT2D eigenvalue weighted by Crippen LogP contribution is -2.47. The molecule has 1 nitrogen and oxygen atoms in total. The summed E-state index contributed by atoms with van der Waals surface area (Å²) in [5.41, 5.74) is 1.45. The maximum atomic E-state index is 13.2. The van der Waals surface area contributed by atoms with Gasteiger partial charge in [0.15, 0.2) is 0 Å². The molecule has 0 bridgehead atoms. The standard InChI is InChI=1S/C19H30BrIOSi/c1-7-8-16(21)18(22)17(23(5,6)19(2,3)4)13-14-9-11-15(20)12-10-14/h9-12,16-17H,7-8,13H2,1-6H3/t16-,17-/m1/s1. The Morgan fingerprint density at radius 1 is 1.22 bits per heavy atom. The van der Waals surface area contributed by atoms with E-state index in [9.17, 15) is 4.79 Å². The molecule has 1 rings (SSSR count). The highest BCUT2D eigenvalue weighted by molar-refractivity contribution is 14.1. The van der Waals surface area contributed by atoms with Crippen LogP contribution in [0.15, 0.2) is 28.7 Å². The van der Waals surface area contributed by atoms with Crippen LogP contribution in [0.2, 0.25) is 23.7 Å². The van der Waals surface area contributed by atoms with Crippen LogP contribution in [0.4, 0.5) is 0 Å². The summed E-state index contributed by atoms with van der Waals surface area (Å²) in [4.78, 5) is 13.2. The smallest absolute Gasteiger partial charge is 0.146 e. The molecule has 0 amide bonds. The maximum absolute atomic E-state index is 13.2. The summed E-state index contributed by atoms with van der Waals surface area (Å²) in [6.45, 7) is 13.9. The Bertz CT molecular complexity index is 519. The molecule has 0 aromatic heterocycles. The van der Waals surface area contributed by atoms with Crippen molar-refractivity contribution in [3.8, 4) is 0 Å². The van der Waals surface area contributed by atoms with Crippen LogP contribution in [0.1, 0.15) is 46.1 Å². The number of carbonyl (C=O) groups is 1. The highest BCUT2D eigenvalue weighted by Crippen LogP contribution is 2.46. The minimum atomic E-state index is -1.75. The summed E-state index contributed by atoms with van der Waals surface area (Å²) < 4.78 is 1.24. The summed E-state index contributed by atoms with van der Waals surface area (Å²) in [6, 6.07) is 8.46. The van der Waals surface area contributed by atoms with Gasteiger partial charge in [-0.25, -0.2) is 0 Å². The van der Waals surface area contributed by atoms with Gasteiger partial charge < -0.3 is 0 Å². The first-order chi connectivity index (χ1) is 10.5. The summed E-state index contributed by atoms with van der Waals surface area (Å²) >= 11 is 5.86. The van der Waals surface area contributed by atoms with Crippen molar-refractivity contribution >= 4 is 52.4 Å². The van der Waals surface area contributed by atoms with Crippen LogP contribution in [0.3, 0.4) is 0 Å². The van der Waals surface area contributed by atoms with E-state index in [0.29, 0.717) is 5.78 Å². The van der Waals surface area contributed by atoms with Crippen molar-refractivity contribution in [1.29, 1.82) is 0 Å². The van der Waals surface area contributed by atoms with E-state index >= 15 is 0 Å². The third-order valence-electron chi connectivity index (χ3n) is 5.35. The molecule has 0 radical (unpaired) electrons. The first-order valence-electron chi connectivity index (χ1n) is 8.43. The van der Waals surface area contributed by atoms with Gasteiger partial charge in [-0.1, -0.05) is 97.9 Å². The molecule has 0 fully saturated rings. The zero-order valence-electron chi connectivity index (χ0n) is 15.2. The van der Waals surface area contributed by atoms with Gasteiger partial charge in [0.05, 0.1) is 12.0 Å². The molecule has 23 heavy (non-hydrogen) atoms. The predicted octanol–water partition coefficient (Wildman–Crippen LogP) is 7.04. The van der Waals surface area contributed by atoms with Crippen molar-refractivity contribution in [3.63, 3.8) is 0 Å². The first-order valence-corrected chi connectivity index (χ1v) is 13.5. The molecule has 0 aliphatic carbocycles. The highest BCUT2D eigenvalue weighted by Gasteiger charge is 2.46. The fourth-order valence-corrected chi connectivity index (χ4v) is 7.07. The first kappa shape index (κ1) is 21.4. The quantitative estimate of drug-likeness (QED) is 0.219. The Morgan fingerprint density at radius 3 is 2.17 bits per heavy atom. The lowest BCUT2D eigenvalue weighted by molar-refractivity contribution is -0.118. The maximum Gasteiger partial charge on any atom is 0.146 e. The Morgan fingerprint density at radius 2 is 1.74 bits per heavy atom. The summed E-state index contributed by atoms with van der Waals surface area (Å²) in [7, 11) is -1.75. The lowest BCUT2D eigenvalue weighted by atomic mass is 10.0. The fourth-order valence-electron chi connectivity index (χ4n) is 2.70. The molecular weight excluding hydrogens is 479 g/mol. The summed E-state index contributed by atoms with van der Waals surface area (Å²) in [5, 5.41) is 0.214. The van der Waals surface area contributed by atoms with E-state index in [2.05, 4.69) is 104 Å². The number of hydrogen-bond donors (Lipinski definition) is 0. The molecular formula is C19H30BrIOSi. The van der Waals surface area contributed by atoms with Crippen molar-refractivity contribution in [1.82, 2.24) is 0 Å². The molecule has 0 N–H and O–H groups in total. The zero-order chi connectivity index (χ0) is 17.8. The van der Waals surface area contributed by atoms with Crippen LogP contribution in [0.5, 0.6) is 0 Å². The zero-order valence-corrected chi connectivity index (χ0v) is 20.0. The molecule has 4 heteroatoms. The number of rotatable bonds is 7. The third-order valence-corrected chi connectivity index (χ3v) is 13.2. The van der Waals surface area contributed by atoms with Crippen molar-refractivity contribution in [2.75, 3.05) is 0 Å². The molecule has 1 aromatic carbocycles. The Hall–Kier alpha value is 0.317. The molecule has 1 aromatic rings. The van der Waals surface area contributed by atoms with Gasteiger partial charge in [-0.15, -0.1) is 0 Å². The van der Waals surface area contributed by atoms with E-state index in [0.717, 1.165) is 23.7 Å². The van der Waals surface area contributed by atoms with Crippen LogP contribution in [0, 0.1) is 0 Å². The van der Waals surface area contributed by atoms with Gasteiger partial charge >= 0.3 is 0 Å². The second kappa shape index (κ2) is 8.61. The van der Waals surface area contributed by atoms with Crippen molar-refractivity contribution in [3.05, 3.63) is 34.3 Å². The van der Waals surface area contributed by atoms with Gasteiger partial charge in [-0.05, 0) is 35.6 Å². The number of Topliss-reactive ketones (excluding diaryl/α,β-unsaturated/α-hetero) is 1. The van der Waals surface area contributed by atoms with Crippen molar-refractivity contribution in [2.45, 2.75) is 74.6 Å². The molecule has 0 unspecified atom stereocenters. The molecule has 2 atom stereocenters. The third kappa shape index (κ3) is 5.67. The number of halogens is 2. The number of benzene rings is 1. The second-order valence-electron chi connectivity index (χ2n) is 8.01. The minimum Gasteiger partial charge on any atom is -0.299 e. The number of carbonyl (C=O) groups excluding carboxylic acids is 1.